The van der Waals surface area contributed by atoms with E-state index in [9.17, 15) is 4.79 Å². The van der Waals surface area contributed by atoms with Crippen LogP contribution >= 0.6 is 0 Å². The van der Waals surface area contributed by atoms with Gasteiger partial charge in [0.1, 0.15) is 11.4 Å². The van der Waals surface area contributed by atoms with E-state index in [1.807, 2.05) is 30.0 Å². The van der Waals surface area contributed by atoms with Gasteiger partial charge in [0.05, 0.1) is 6.54 Å². The Morgan fingerprint density at radius 2 is 2.36 bits per heavy atom. The fourth-order valence-electron chi connectivity index (χ4n) is 1.56. The molecule has 0 atom stereocenters. The van der Waals surface area contributed by atoms with E-state index in [2.05, 4.69) is 11.1 Å². The number of pyridine rings is 1. The lowest BCUT2D eigenvalue weighted by Gasteiger charge is -2.00. The molecule has 0 saturated heterocycles. The Bertz CT molecular complexity index is 485. The highest BCUT2D eigenvalue weighted by Gasteiger charge is 2.03. The van der Waals surface area contributed by atoms with Crippen molar-refractivity contribution in [2.75, 3.05) is 0 Å². The number of aryl methyl sites for hydroxylation is 1. The first kappa shape index (κ1) is 8.94. The van der Waals surface area contributed by atoms with Gasteiger partial charge in [0.15, 0.2) is 0 Å². The van der Waals surface area contributed by atoms with Crippen molar-refractivity contribution in [2.45, 2.75) is 20.4 Å². The Morgan fingerprint density at radius 1 is 1.57 bits per heavy atom. The van der Waals surface area contributed by atoms with Gasteiger partial charge in [-0.15, -0.1) is 0 Å². The van der Waals surface area contributed by atoms with Gasteiger partial charge in [0.25, 0.3) is 0 Å². The van der Waals surface area contributed by atoms with Crippen molar-refractivity contribution in [3.05, 3.63) is 30.1 Å². The molecular formula is C11H12N2O. The van der Waals surface area contributed by atoms with Crippen LogP contribution in [0.15, 0.2) is 24.5 Å². The number of Topliss-reactive ketones (excluding diaryl/α,β-unsaturated/α-hetero) is 1. The SMILES string of the molecule is CC(=O)Cn1ccc2cc(C)cnc21. The van der Waals surface area contributed by atoms with Crippen molar-refractivity contribution in [1.29, 1.82) is 0 Å². The number of carbonyl (C=O) groups is 1. The van der Waals surface area contributed by atoms with E-state index in [0.29, 0.717) is 6.54 Å². The van der Waals surface area contributed by atoms with Gasteiger partial charge in [-0.3, -0.25) is 4.79 Å². The summed E-state index contributed by atoms with van der Waals surface area (Å²) in [5.74, 6) is 0.143. The third-order valence-corrected chi connectivity index (χ3v) is 2.13. The van der Waals surface area contributed by atoms with Crippen LogP contribution in [0.4, 0.5) is 0 Å². The number of rotatable bonds is 2. The maximum Gasteiger partial charge on any atom is 0.149 e. The molecule has 0 unspecified atom stereocenters. The second-order valence-corrected chi connectivity index (χ2v) is 3.57. The lowest BCUT2D eigenvalue weighted by molar-refractivity contribution is -0.117. The highest BCUT2D eigenvalue weighted by atomic mass is 16.1. The number of fused-ring (bicyclic) bond motifs is 1. The lowest BCUT2D eigenvalue weighted by Crippen LogP contribution is -2.05. The molecule has 0 aliphatic heterocycles. The van der Waals surface area contributed by atoms with E-state index in [-0.39, 0.29) is 5.78 Å². The van der Waals surface area contributed by atoms with E-state index in [0.717, 1.165) is 16.6 Å². The number of ketones is 1. The minimum atomic E-state index is 0.143. The first-order chi connectivity index (χ1) is 6.66. The first-order valence-corrected chi connectivity index (χ1v) is 4.58. The van der Waals surface area contributed by atoms with Crippen LogP contribution in [0.1, 0.15) is 12.5 Å². The quantitative estimate of drug-likeness (QED) is 0.721. The van der Waals surface area contributed by atoms with Gasteiger partial charge in [-0.1, -0.05) is 0 Å². The lowest BCUT2D eigenvalue weighted by atomic mass is 10.2. The zero-order valence-corrected chi connectivity index (χ0v) is 8.32. The normalized spacial score (nSPS) is 10.7. The van der Waals surface area contributed by atoms with Gasteiger partial charge in [-0.05, 0) is 31.5 Å². The minimum Gasteiger partial charge on any atom is -0.325 e. The van der Waals surface area contributed by atoms with E-state index in [1.54, 1.807) is 6.92 Å². The third kappa shape index (κ3) is 1.53. The Kier molecular flexibility index (Phi) is 2.08. The van der Waals surface area contributed by atoms with Crippen molar-refractivity contribution in [3.8, 4) is 0 Å². The molecule has 0 amide bonds. The van der Waals surface area contributed by atoms with E-state index < -0.39 is 0 Å². The second kappa shape index (κ2) is 3.25. The molecule has 0 aliphatic carbocycles. The van der Waals surface area contributed by atoms with E-state index in [1.165, 1.54) is 0 Å². The minimum absolute atomic E-state index is 0.143. The van der Waals surface area contributed by atoms with Gasteiger partial charge in [0.2, 0.25) is 0 Å². The molecule has 0 saturated carbocycles. The molecule has 14 heavy (non-hydrogen) atoms. The summed E-state index contributed by atoms with van der Waals surface area (Å²) in [7, 11) is 0. The maximum atomic E-state index is 11.0. The Hall–Kier alpha value is -1.64. The van der Waals surface area contributed by atoms with E-state index in [4.69, 9.17) is 0 Å². The second-order valence-electron chi connectivity index (χ2n) is 3.57. The highest BCUT2D eigenvalue weighted by molar-refractivity contribution is 5.80. The van der Waals surface area contributed by atoms with Gasteiger partial charge in [-0.2, -0.15) is 0 Å². The summed E-state index contributed by atoms with van der Waals surface area (Å²) in [6.45, 7) is 3.99. The highest BCUT2D eigenvalue weighted by Crippen LogP contribution is 2.14. The number of carbonyl (C=O) groups excluding carboxylic acids is 1. The van der Waals surface area contributed by atoms with Crippen molar-refractivity contribution in [2.24, 2.45) is 0 Å². The van der Waals surface area contributed by atoms with E-state index >= 15 is 0 Å². The van der Waals surface area contributed by atoms with Crippen LogP contribution in [0.3, 0.4) is 0 Å². The Balaban J connectivity index is 2.52. The van der Waals surface area contributed by atoms with Crippen LogP contribution in [0.5, 0.6) is 0 Å². The summed E-state index contributed by atoms with van der Waals surface area (Å²) >= 11 is 0. The monoisotopic (exact) mass is 188 g/mol. The first-order valence-electron chi connectivity index (χ1n) is 4.58. The summed E-state index contributed by atoms with van der Waals surface area (Å²) in [5, 5.41) is 1.09. The molecule has 0 aliphatic rings. The van der Waals surface area contributed by atoms with Crippen LogP contribution in [-0.2, 0) is 11.3 Å². The maximum absolute atomic E-state index is 11.0. The molecule has 2 aromatic rings. The summed E-state index contributed by atoms with van der Waals surface area (Å²) in [6.07, 6.45) is 3.72. The Morgan fingerprint density at radius 3 is 3.07 bits per heavy atom. The van der Waals surface area contributed by atoms with Gasteiger partial charge in [-0.25, -0.2) is 4.98 Å². The smallest absolute Gasteiger partial charge is 0.149 e. The van der Waals surface area contributed by atoms with Gasteiger partial charge in [0, 0.05) is 17.8 Å². The molecule has 2 heterocycles. The molecule has 2 rings (SSSR count). The van der Waals surface area contributed by atoms with Crippen LogP contribution in [0.2, 0.25) is 0 Å². The van der Waals surface area contributed by atoms with Crippen LogP contribution in [-0.4, -0.2) is 15.3 Å². The standard InChI is InChI=1S/C11H12N2O/c1-8-5-10-3-4-13(7-9(2)14)11(10)12-6-8/h3-6H,7H2,1-2H3. The van der Waals surface area contributed by atoms with Crippen molar-refractivity contribution >= 4 is 16.8 Å². The predicted molar refractivity (Wildman–Crippen MR) is 55.2 cm³/mol. The van der Waals surface area contributed by atoms with Crippen LogP contribution in [0, 0.1) is 6.92 Å². The molecule has 0 bridgehead atoms. The molecule has 3 heteroatoms. The topological polar surface area (TPSA) is 34.9 Å². The number of nitrogens with zero attached hydrogens (tertiary/aromatic N) is 2. The average molecular weight is 188 g/mol. The largest absolute Gasteiger partial charge is 0.325 e. The molecule has 0 radical (unpaired) electrons. The van der Waals surface area contributed by atoms with Gasteiger partial charge >= 0.3 is 0 Å². The molecule has 72 valence electrons. The predicted octanol–water partition coefficient (Wildman–Crippen LogP) is 1.93. The molecule has 0 spiro atoms. The van der Waals surface area contributed by atoms with Crippen LogP contribution in [0.25, 0.3) is 11.0 Å². The zero-order valence-electron chi connectivity index (χ0n) is 8.32. The van der Waals surface area contributed by atoms with Crippen LogP contribution < -0.4 is 0 Å². The summed E-state index contributed by atoms with van der Waals surface area (Å²) in [5.41, 5.74) is 2.02. The summed E-state index contributed by atoms with van der Waals surface area (Å²) in [6, 6.07) is 4.05. The molecule has 0 aromatic carbocycles. The van der Waals surface area contributed by atoms with Crippen molar-refractivity contribution in [1.82, 2.24) is 9.55 Å². The fraction of sp³-hybridized carbons (Fsp3) is 0.273. The molecule has 3 nitrogen and oxygen atoms in total. The molecule has 0 fully saturated rings. The average Bonchev–Trinajstić information content (AvgIpc) is 2.47. The summed E-state index contributed by atoms with van der Waals surface area (Å²) < 4.78 is 1.87. The van der Waals surface area contributed by atoms with Crippen molar-refractivity contribution in [3.63, 3.8) is 0 Å². The third-order valence-electron chi connectivity index (χ3n) is 2.13. The summed E-state index contributed by atoms with van der Waals surface area (Å²) in [4.78, 5) is 15.3. The molecule has 0 N–H and O–H groups in total. The molecular weight excluding hydrogens is 176 g/mol. The number of aromatic nitrogens is 2. The van der Waals surface area contributed by atoms with Crippen molar-refractivity contribution < 1.29 is 4.79 Å². The Labute approximate surface area is 82.4 Å². The fourth-order valence-corrected chi connectivity index (χ4v) is 1.56. The number of hydrogen-bond donors (Lipinski definition) is 0. The molecule has 2 aromatic heterocycles. The zero-order chi connectivity index (χ0) is 10.1. The van der Waals surface area contributed by atoms with Gasteiger partial charge < -0.3 is 4.57 Å². The number of hydrogen-bond acceptors (Lipinski definition) is 2.